The van der Waals surface area contributed by atoms with Crippen LogP contribution in [0.2, 0.25) is 0 Å². The van der Waals surface area contributed by atoms with Gasteiger partial charge in [0.1, 0.15) is 17.6 Å². The first-order valence-electron chi connectivity index (χ1n) is 8.41. The van der Waals surface area contributed by atoms with Gasteiger partial charge in [-0.05, 0) is 30.3 Å². The predicted molar refractivity (Wildman–Crippen MR) is 97.1 cm³/mol. The Morgan fingerprint density at radius 3 is 2.43 bits per heavy atom. The summed E-state index contributed by atoms with van der Waals surface area (Å²) in [6.07, 6.45) is -3.53. The quantitative estimate of drug-likeness (QED) is 0.685. The third-order valence-corrected chi connectivity index (χ3v) is 6.15. The highest BCUT2D eigenvalue weighted by atomic mass is 32.2. The smallest absolute Gasteiger partial charge is 0.480 e. The lowest BCUT2D eigenvalue weighted by Crippen LogP contribution is -2.58. The summed E-state index contributed by atoms with van der Waals surface area (Å²) in [5.74, 6) is -1.67. The molecule has 3 rings (SSSR count). The minimum absolute atomic E-state index is 0.0851. The minimum Gasteiger partial charge on any atom is -0.480 e. The van der Waals surface area contributed by atoms with Crippen molar-refractivity contribution in [2.75, 3.05) is 30.3 Å². The van der Waals surface area contributed by atoms with Crippen LogP contribution < -0.4 is 15.4 Å². The van der Waals surface area contributed by atoms with Crippen molar-refractivity contribution < 1.29 is 36.2 Å². The van der Waals surface area contributed by atoms with Gasteiger partial charge >= 0.3 is 12.3 Å². The van der Waals surface area contributed by atoms with Crippen molar-refractivity contribution in [2.24, 2.45) is 0 Å². The van der Waals surface area contributed by atoms with Crippen LogP contribution >= 0.6 is 0 Å². The van der Waals surface area contributed by atoms with Crippen molar-refractivity contribution in [3.8, 4) is 5.75 Å². The van der Waals surface area contributed by atoms with E-state index in [0.29, 0.717) is 0 Å². The molecular formula is C16H16F3N5O5S. The summed E-state index contributed by atoms with van der Waals surface area (Å²) < 4.78 is 67.2. The molecule has 2 aromatic rings. The molecule has 1 aliphatic heterocycles. The number of nitrogen functional groups attached to an aromatic ring is 1. The topological polar surface area (TPSA) is 139 Å². The first kappa shape index (κ1) is 21.6. The Hall–Kier alpha value is -3.13. The number of aliphatic carboxylic acids is 1. The Labute approximate surface area is 168 Å². The van der Waals surface area contributed by atoms with E-state index in [-0.39, 0.29) is 36.3 Å². The summed E-state index contributed by atoms with van der Waals surface area (Å²) >= 11 is 0. The molecule has 1 aromatic carbocycles. The summed E-state index contributed by atoms with van der Waals surface area (Å²) in [5, 5.41) is 9.57. The molecule has 0 unspecified atom stereocenters. The number of nitrogens with two attached hydrogens (primary N) is 1. The lowest BCUT2D eigenvalue weighted by molar-refractivity contribution is -0.274. The van der Waals surface area contributed by atoms with Crippen molar-refractivity contribution in [1.29, 1.82) is 0 Å². The number of piperazine rings is 1. The molecule has 0 spiro atoms. The lowest BCUT2D eigenvalue weighted by Gasteiger charge is -2.38. The minimum atomic E-state index is -4.92. The van der Waals surface area contributed by atoms with Crippen LogP contribution in [0.3, 0.4) is 0 Å². The number of ether oxygens (including phenoxy) is 1. The first-order chi connectivity index (χ1) is 14.0. The van der Waals surface area contributed by atoms with Crippen LogP contribution in [0.1, 0.15) is 0 Å². The van der Waals surface area contributed by atoms with Crippen LogP contribution in [-0.4, -0.2) is 65.8 Å². The summed E-state index contributed by atoms with van der Waals surface area (Å²) in [4.78, 5) is 20.9. The van der Waals surface area contributed by atoms with E-state index in [9.17, 15) is 31.5 Å². The molecule has 30 heavy (non-hydrogen) atoms. The second-order valence-electron chi connectivity index (χ2n) is 6.22. The standard InChI is InChI=1S/C16H16F3N5O5S/c17-16(18,19)29-10-1-3-11(4-2-10)30(27,28)24-8-7-23(9-12(24)14(25)26)15-21-6-5-13(20)22-15/h1-6,12H,7-9H2,(H,25,26)(H2,20,21,22)/t12-/m1/s1. The molecule has 162 valence electrons. The maximum atomic E-state index is 12.9. The van der Waals surface area contributed by atoms with Crippen molar-refractivity contribution in [1.82, 2.24) is 14.3 Å². The Morgan fingerprint density at radius 2 is 1.87 bits per heavy atom. The maximum Gasteiger partial charge on any atom is 0.573 e. The second kappa shape index (κ2) is 7.95. The van der Waals surface area contributed by atoms with E-state index in [1.54, 1.807) is 0 Å². The monoisotopic (exact) mass is 447 g/mol. The van der Waals surface area contributed by atoms with Crippen molar-refractivity contribution in [3.63, 3.8) is 0 Å². The summed E-state index contributed by atoms with van der Waals surface area (Å²) in [5.41, 5.74) is 5.60. The van der Waals surface area contributed by atoms with Gasteiger partial charge in [-0.3, -0.25) is 4.79 Å². The normalized spacial score (nSPS) is 18.2. The number of carboxylic acids is 1. The van der Waals surface area contributed by atoms with E-state index >= 15 is 0 Å². The summed E-state index contributed by atoms with van der Waals surface area (Å²) in [6.45, 7) is -0.368. The maximum absolute atomic E-state index is 12.9. The van der Waals surface area contributed by atoms with Crippen LogP contribution in [-0.2, 0) is 14.8 Å². The number of rotatable bonds is 5. The van der Waals surface area contributed by atoms with Crippen molar-refractivity contribution in [3.05, 3.63) is 36.5 Å². The van der Waals surface area contributed by atoms with Crippen LogP contribution in [0, 0.1) is 0 Å². The average molecular weight is 447 g/mol. The fourth-order valence-corrected chi connectivity index (χ4v) is 4.46. The number of carboxylic acid groups (broad SMARTS) is 1. The molecule has 0 radical (unpaired) electrons. The fourth-order valence-electron chi connectivity index (χ4n) is 2.90. The summed E-state index contributed by atoms with van der Waals surface area (Å²) in [7, 11) is -4.31. The number of alkyl halides is 3. The van der Waals surface area contributed by atoms with Gasteiger partial charge in [0, 0.05) is 25.8 Å². The number of halogens is 3. The second-order valence-corrected chi connectivity index (χ2v) is 8.11. The number of aromatic nitrogens is 2. The predicted octanol–water partition coefficient (Wildman–Crippen LogP) is 0.921. The third kappa shape index (κ3) is 4.71. The van der Waals surface area contributed by atoms with Crippen LogP contribution in [0.4, 0.5) is 24.9 Å². The Morgan fingerprint density at radius 1 is 1.20 bits per heavy atom. The van der Waals surface area contributed by atoms with Crippen LogP contribution in [0.5, 0.6) is 5.75 Å². The van der Waals surface area contributed by atoms with Crippen molar-refractivity contribution >= 4 is 27.8 Å². The first-order valence-corrected chi connectivity index (χ1v) is 9.85. The highest BCUT2D eigenvalue weighted by molar-refractivity contribution is 7.89. The summed E-state index contributed by atoms with van der Waals surface area (Å²) in [6, 6.07) is 3.50. The van der Waals surface area contributed by atoms with E-state index in [2.05, 4.69) is 14.7 Å². The molecule has 14 heteroatoms. The Balaban J connectivity index is 1.84. The third-order valence-electron chi connectivity index (χ3n) is 4.23. The molecule has 2 heterocycles. The molecule has 0 amide bonds. The zero-order valence-electron chi connectivity index (χ0n) is 15.2. The molecular weight excluding hydrogens is 431 g/mol. The molecule has 3 N–H and O–H groups in total. The number of carbonyl (C=O) groups is 1. The molecule has 1 aromatic heterocycles. The molecule has 10 nitrogen and oxygen atoms in total. The number of nitrogens with zero attached hydrogens (tertiary/aromatic N) is 4. The molecule has 0 bridgehead atoms. The van der Waals surface area contributed by atoms with Crippen LogP contribution in [0.15, 0.2) is 41.4 Å². The molecule has 1 aliphatic rings. The van der Waals surface area contributed by atoms with Gasteiger partial charge in [0.05, 0.1) is 4.90 Å². The van der Waals surface area contributed by atoms with Gasteiger partial charge in [0.15, 0.2) is 0 Å². The zero-order chi connectivity index (χ0) is 22.1. The highest BCUT2D eigenvalue weighted by Gasteiger charge is 2.41. The average Bonchev–Trinajstić information content (AvgIpc) is 2.66. The van der Waals surface area contributed by atoms with Gasteiger partial charge in [-0.15, -0.1) is 13.2 Å². The van der Waals surface area contributed by atoms with Gasteiger partial charge in [0.25, 0.3) is 0 Å². The fraction of sp³-hybridized carbons (Fsp3) is 0.312. The van der Waals surface area contributed by atoms with Gasteiger partial charge in [-0.1, -0.05) is 0 Å². The highest BCUT2D eigenvalue weighted by Crippen LogP contribution is 2.27. The number of anilines is 2. The van der Waals surface area contributed by atoms with Gasteiger partial charge < -0.3 is 20.5 Å². The number of benzene rings is 1. The zero-order valence-corrected chi connectivity index (χ0v) is 16.0. The molecule has 0 aliphatic carbocycles. The Kier molecular flexibility index (Phi) is 5.72. The number of hydrogen-bond acceptors (Lipinski definition) is 8. The molecule has 0 saturated carbocycles. The molecule has 1 fully saturated rings. The lowest BCUT2D eigenvalue weighted by atomic mass is 10.2. The van der Waals surface area contributed by atoms with E-state index in [4.69, 9.17) is 5.73 Å². The van der Waals surface area contributed by atoms with Gasteiger partial charge in [-0.2, -0.15) is 9.29 Å². The largest absolute Gasteiger partial charge is 0.573 e. The van der Waals surface area contributed by atoms with E-state index in [0.717, 1.165) is 28.6 Å². The number of sulfonamides is 1. The molecule has 1 saturated heterocycles. The van der Waals surface area contributed by atoms with E-state index < -0.39 is 34.1 Å². The van der Waals surface area contributed by atoms with Crippen LogP contribution in [0.25, 0.3) is 0 Å². The number of hydrogen-bond donors (Lipinski definition) is 2. The van der Waals surface area contributed by atoms with Gasteiger partial charge in [0.2, 0.25) is 16.0 Å². The molecule has 1 atom stereocenters. The SMILES string of the molecule is Nc1ccnc(N2CCN(S(=O)(=O)c3ccc(OC(F)(F)F)cc3)[C@@H](C(=O)O)C2)n1. The van der Waals surface area contributed by atoms with Gasteiger partial charge in [-0.25, -0.2) is 13.4 Å². The van der Waals surface area contributed by atoms with Crippen molar-refractivity contribution in [2.45, 2.75) is 17.3 Å². The van der Waals surface area contributed by atoms with E-state index in [1.165, 1.54) is 17.2 Å². The Bertz CT molecular complexity index is 1030. The van der Waals surface area contributed by atoms with E-state index in [1.807, 2.05) is 0 Å².